The Hall–Kier alpha value is -1.03. The molecule has 0 spiro atoms. The quantitative estimate of drug-likeness (QED) is 0.795. The van der Waals surface area contributed by atoms with Crippen LogP contribution in [0.3, 0.4) is 0 Å². The molecule has 18 heavy (non-hydrogen) atoms. The van der Waals surface area contributed by atoms with Crippen LogP contribution in [0.25, 0.3) is 0 Å². The number of benzene rings is 1. The predicted molar refractivity (Wildman–Crippen MR) is 74.8 cm³/mol. The third-order valence-electron chi connectivity index (χ3n) is 2.18. The van der Waals surface area contributed by atoms with Gasteiger partial charge in [0.15, 0.2) is 6.10 Å². The molecule has 0 saturated carbocycles. The average molecular weight is 315 g/mol. The number of carbonyl (C=O) groups excluding carboxylic acids is 1. The van der Waals surface area contributed by atoms with E-state index >= 15 is 0 Å². The highest BCUT2D eigenvalue weighted by Crippen LogP contribution is 2.23. The van der Waals surface area contributed by atoms with E-state index in [0.29, 0.717) is 5.75 Å². The lowest BCUT2D eigenvalue weighted by Crippen LogP contribution is -2.33. The molecule has 0 aliphatic rings. The fourth-order valence-corrected chi connectivity index (χ4v) is 1.84. The van der Waals surface area contributed by atoms with Crippen molar-refractivity contribution >= 4 is 21.9 Å². The third-order valence-corrected chi connectivity index (χ3v) is 2.67. The Bertz CT molecular complexity index is 435. The molecule has 4 heteroatoms. The molecule has 0 aliphatic heterocycles. The highest BCUT2D eigenvalue weighted by atomic mass is 79.9. The molecule has 1 atom stereocenters. The zero-order valence-electron chi connectivity index (χ0n) is 11.4. The van der Waals surface area contributed by atoms with Crippen molar-refractivity contribution in [3.8, 4) is 5.75 Å². The molecule has 0 saturated heterocycles. The van der Waals surface area contributed by atoms with Gasteiger partial charge < -0.3 is 9.47 Å². The molecule has 0 fully saturated rings. The van der Waals surface area contributed by atoms with E-state index in [4.69, 9.17) is 9.47 Å². The smallest absolute Gasteiger partial charge is 0.347 e. The van der Waals surface area contributed by atoms with Crippen molar-refractivity contribution in [2.24, 2.45) is 0 Å². The van der Waals surface area contributed by atoms with Gasteiger partial charge in [-0.3, -0.25) is 0 Å². The molecule has 0 aromatic heterocycles. The van der Waals surface area contributed by atoms with Crippen LogP contribution in [0.2, 0.25) is 0 Å². The minimum absolute atomic E-state index is 0.357. The van der Waals surface area contributed by atoms with E-state index in [1.54, 1.807) is 6.92 Å². The van der Waals surface area contributed by atoms with Gasteiger partial charge in [0.25, 0.3) is 0 Å². The molecular formula is C14H19BrO3. The van der Waals surface area contributed by atoms with Gasteiger partial charge >= 0.3 is 5.97 Å². The predicted octanol–water partition coefficient (Wildman–Crippen LogP) is 3.87. The van der Waals surface area contributed by atoms with Gasteiger partial charge in [-0.05, 0) is 58.4 Å². The monoisotopic (exact) mass is 314 g/mol. The fourth-order valence-electron chi connectivity index (χ4n) is 1.37. The van der Waals surface area contributed by atoms with E-state index in [0.717, 1.165) is 10.0 Å². The Labute approximate surface area is 117 Å². The summed E-state index contributed by atoms with van der Waals surface area (Å²) in [5.74, 6) is 0.335. The molecule has 0 heterocycles. The van der Waals surface area contributed by atoms with E-state index in [1.807, 2.05) is 45.9 Å². The number of rotatable bonds is 3. The lowest BCUT2D eigenvalue weighted by Gasteiger charge is -2.23. The second-order valence-electron chi connectivity index (χ2n) is 5.20. The maximum absolute atomic E-state index is 11.8. The molecule has 1 aromatic carbocycles. The van der Waals surface area contributed by atoms with Crippen LogP contribution in [0.4, 0.5) is 0 Å². The van der Waals surface area contributed by atoms with Crippen molar-refractivity contribution in [2.75, 3.05) is 0 Å². The largest absolute Gasteiger partial charge is 0.479 e. The summed E-state index contributed by atoms with van der Waals surface area (Å²) >= 11 is 3.38. The Morgan fingerprint density at radius 2 is 1.94 bits per heavy atom. The summed E-state index contributed by atoms with van der Waals surface area (Å²) in [5.41, 5.74) is 0.475. The maximum Gasteiger partial charge on any atom is 0.347 e. The number of hydrogen-bond acceptors (Lipinski definition) is 3. The van der Waals surface area contributed by atoms with Gasteiger partial charge in [0.05, 0.1) is 0 Å². The van der Waals surface area contributed by atoms with Gasteiger partial charge in [0, 0.05) is 4.47 Å². The van der Waals surface area contributed by atoms with Gasteiger partial charge in [-0.2, -0.15) is 0 Å². The molecule has 0 aliphatic carbocycles. The summed E-state index contributed by atoms with van der Waals surface area (Å²) in [7, 11) is 0. The van der Waals surface area contributed by atoms with Crippen molar-refractivity contribution in [3.05, 3.63) is 28.2 Å². The normalized spacial score (nSPS) is 13.0. The zero-order chi connectivity index (χ0) is 13.9. The lowest BCUT2D eigenvalue weighted by molar-refractivity contribution is -0.162. The van der Waals surface area contributed by atoms with E-state index in [2.05, 4.69) is 15.9 Å². The van der Waals surface area contributed by atoms with Crippen LogP contribution < -0.4 is 4.74 Å². The van der Waals surface area contributed by atoms with Gasteiger partial charge in [-0.1, -0.05) is 15.9 Å². The lowest BCUT2D eigenvalue weighted by atomic mass is 10.2. The van der Waals surface area contributed by atoms with Crippen LogP contribution in [0.15, 0.2) is 22.7 Å². The standard InChI is InChI=1S/C14H19BrO3/c1-9-8-11(15)6-7-12(9)17-10(2)13(16)18-14(3,4)5/h6-8,10H,1-5H3. The summed E-state index contributed by atoms with van der Waals surface area (Å²) in [6.07, 6.45) is -0.621. The topological polar surface area (TPSA) is 35.5 Å². The number of ether oxygens (including phenoxy) is 2. The van der Waals surface area contributed by atoms with Crippen molar-refractivity contribution in [3.63, 3.8) is 0 Å². The molecule has 1 rings (SSSR count). The number of esters is 1. The summed E-state index contributed by atoms with van der Waals surface area (Å²) < 4.78 is 11.9. The Morgan fingerprint density at radius 3 is 2.44 bits per heavy atom. The molecule has 0 radical (unpaired) electrons. The van der Waals surface area contributed by atoms with E-state index in [1.165, 1.54) is 0 Å². The minimum atomic E-state index is -0.621. The van der Waals surface area contributed by atoms with Gasteiger partial charge in [0.2, 0.25) is 0 Å². The molecule has 1 unspecified atom stereocenters. The van der Waals surface area contributed by atoms with Gasteiger partial charge in [-0.15, -0.1) is 0 Å². The van der Waals surface area contributed by atoms with Gasteiger partial charge in [-0.25, -0.2) is 4.79 Å². The van der Waals surface area contributed by atoms with Crippen molar-refractivity contribution < 1.29 is 14.3 Å². The number of halogens is 1. The van der Waals surface area contributed by atoms with E-state index < -0.39 is 11.7 Å². The highest BCUT2D eigenvalue weighted by molar-refractivity contribution is 9.10. The first kappa shape index (κ1) is 15.0. The number of carbonyl (C=O) groups is 1. The summed E-state index contributed by atoms with van der Waals surface area (Å²) in [6, 6.07) is 5.65. The third kappa shape index (κ3) is 4.69. The van der Waals surface area contributed by atoms with Crippen LogP contribution in [0.1, 0.15) is 33.3 Å². The van der Waals surface area contributed by atoms with Crippen LogP contribution >= 0.6 is 15.9 Å². The molecular weight excluding hydrogens is 296 g/mol. The van der Waals surface area contributed by atoms with Crippen molar-refractivity contribution in [1.82, 2.24) is 0 Å². The second-order valence-corrected chi connectivity index (χ2v) is 6.12. The highest BCUT2D eigenvalue weighted by Gasteiger charge is 2.23. The van der Waals surface area contributed by atoms with Crippen LogP contribution in [-0.2, 0) is 9.53 Å². The van der Waals surface area contributed by atoms with Crippen LogP contribution in [-0.4, -0.2) is 17.7 Å². The summed E-state index contributed by atoms with van der Waals surface area (Å²) in [6.45, 7) is 9.13. The molecule has 3 nitrogen and oxygen atoms in total. The number of hydrogen-bond donors (Lipinski definition) is 0. The SMILES string of the molecule is Cc1cc(Br)ccc1OC(C)C(=O)OC(C)(C)C. The molecule has 0 bridgehead atoms. The summed E-state index contributed by atoms with van der Waals surface area (Å²) in [4.78, 5) is 11.8. The van der Waals surface area contributed by atoms with Crippen molar-refractivity contribution in [2.45, 2.75) is 46.3 Å². The summed E-state index contributed by atoms with van der Waals surface area (Å²) in [5, 5.41) is 0. The molecule has 1 aromatic rings. The first-order valence-electron chi connectivity index (χ1n) is 5.85. The van der Waals surface area contributed by atoms with Crippen LogP contribution in [0.5, 0.6) is 5.75 Å². The Balaban J connectivity index is 2.69. The average Bonchev–Trinajstić information content (AvgIpc) is 2.19. The second kappa shape index (κ2) is 5.74. The van der Waals surface area contributed by atoms with Crippen molar-refractivity contribution in [1.29, 1.82) is 0 Å². The minimum Gasteiger partial charge on any atom is -0.479 e. The first-order chi connectivity index (χ1) is 8.19. The van der Waals surface area contributed by atoms with Gasteiger partial charge in [0.1, 0.15) is 11.4 Å². The molecule has 100 valence electrons. The Morgan fingerprint density at radius 1 is 1.33 bits per heavy atom. The fraction of sp³-hybridized carbons (Fsp3) is 0.500. The molecule has 0 amide bonds. The maximum atomic E-state index is 11.8. The molecule has 0 N–H and O–H groups in total. The Kier molecular flexibility index (Phi) is 4.79. The van der Waals surface area contributed by atoms with Crippen LogP contribution in [0, 0.1) is 6.92 Å². The number of aryl methyl sites for hydroxylation is 1. The zero-order valence-corrected chi connectivity index (χ0v) is 13.0. The first-order valence-corrected chi connectivity index (χ1v) is 6.64. The van der Waals surface area contributed by atoms with E-state index in [-0.39, 0.29) is 5.97 Å². The van der Waals surface area contributed by atoms with E-state index in [9.17, 15) is 4.79 Å².